The zero-order chi connectivity index (χ0) is 33.9. The second-order valence-corrected chi connectivity index (χ2v) is 14.5. The van der Waals surface area contributed by atoms with Gasteiger partial charge in [0.05, 0.1) is 36.0 Å². The molecule has 1 aromatic heterocycles. The Morgan fingerprint density at radius 3 is 2.45 bits per heavy atom. The van der Waals surface area contributed by atoms with Crippen molar-refractivity contribution >= 4 is 33.3 Å². The molecule has 0 spiro atoms. The number of sulfonamides is 1. The molecule has 10 nitrogen and oxygen atoms in total. The van der Waals surface area contributed by atoms with Gasteiger partial charge in [0.15, 0.2) is 0 Å². The number of piperidine rings is 1. The highest BCUT2D eigenvalue weighted by atomic mass is 32.2. The van der Waals surface area contributed by atoms with Crippen molar-refractivity contribution in [1.82, 2.24) is 20.2 Å². The molecule has 47 heavy (non-hydrogen) atoms. The lowest BCUT2D eigenvalue weighted by Gasteiger charge is -2.32. The van der Waals surface area contributed by atoms with Crippen LogP contribution in [0.15, 0.2) is 42.6 Å². The first kappa shape index (κ1) is 34.4. The van der Waals surface area contributed by atoms with Gasteiger partial charge in [-0.2, -0.15) is 13.2 Å². The van der Waals surface area contributed by atoms with Gasteiger partial charge in [-0.25, -0.2) is 18.4 Å². The van der Waals surface area contributed by atoms with Crippen LogP contribution in [0.2, 0.25) is 0 Å². The quantitative estimate of drug-likeness (QED) is 0.265. The maximum atomic E-state index is 14.0. The Bertz CT molecular complexity index is 1710. The molecule has 2 aliphatic rings. The number of aryl methyl sites for hydroxylation is 3. The number of benzene rings is 2. The maximum absolute atomic E-state index is 14.0. The van der Waals surface area contributed by atoms with E-state index in [1.165, 1.54) is 27.0 Å². The summed E-state index contributed by atoms with van der Waals surface area (Å²) in [5.74, 6) is 0.831. The Balaban J connectivity index is 1.30. The van der Waals surface area contributed by atoms with Crippen molar-refractivity contribution in [3.05, 3.63) is 70.5 Å². The lowest BCUT2D eigenvalue weighted by Crippen LogP contribution is -2.45. The topological polar surface area (TPSA) is 117 Å². The largest absolute Gasteiger partial charge is 0.495 e. The Kier molecular flexibility index (Phi) is 10.3. The number of methoxy groups -OCH3 is 1. The molecule has 2 aromatic carbocycles. The lowest BCUT2D eigenvalue weighted by molar-refractivity contribution is -0.138. The van der Waals surface area contributed by atoms with Crippen molar-refractivity contribution in [2.24, 2.45) is 5.92 Å². The first-order valence-electron chi connectivity index (χ1n) is 15.7. The van der Waals surface area contributed by atoms with E-state index in [1.54, 1.807) is 43.3 Å². The third-order valence-electron chi connectivity index (χ3n) is 8.73. The van der Waals surface area contributed by atoms with Crippen LogP contribution in [0, 0.1) is 12.8 Å². The van der Waals surface area contributed by atoms with Gasteiger partial charge in [-0.15, -0.1) is 0 Å². The zero-order valence-electron chi connectivity index (χ0n) is 27.0. The molecule has 5 rings (SSSR count). The molecule has 1 aliphatic heterocycles. The zero-order valence-corrected chi connectivity index (χ0v) is 27.8. The molecular formula is C33H41F3N6O4S. The molecule has 1 saturated carbocycles. The number of hydrogen-bond donors (Lipinski definition) is 2. The van der Waals surface area contributed by atoms with Crippen LogP contribution in [-0.2, 0) is 29.0 Å². The van der Waals surface area contributed by atoms with Crippen molar-refractivity contribution in [2.45, 2.75) is 57.7 Å². The molecule has 254 valence electrons. The second kappa shape index (κ2) is 14.1. The smallest absolute Gasteiger partial charge is 0.419 e. The lowest BCUT2D eigenvalue weighted by atomic mass is 10.0. The van der Waals surface area contributed by atoms with Crippen molar-refractivity contribution < 1.29 is 31.1 Å². The molecule has 3 aromatic rings. The molecule has 0 radical (unpaired) electrons. The maximum Gasteiger partial charge on any atom is 0.419 e. The number of hydrogen-bond acceptors (Lipinski definition) is 8. The number of anilines is 3. The summed E-state index contributed by atoms with van der Waals surface area (Å²) in [6.07, 6.45) is 1.48. The fourth-order valence-electron chi connectivity index (χ4n) is 5.77. The summed E-state index contributed by atoms with van der Waals surface area (Å²) in [4.78, 5) is 23.7. The molecule has 2 fully saturated rings. The summed E-state index contributed by atoms with van der Waals surface area (Å²) in [5, 5.41) is 6.04. The third-order valence-corrected chi connectivity index (χ3v) is 9.92. The number of rotatable bonds is 12. The van der Waals surface area contributed by atoms with Crippen LogP contribution < -0.4 is 19.7 Å². The molecule has 1 saturated heterocycles. The summed E-state index contributed by atoms with van der Waals surface area (Å²) in [6.45, 7) is 4.88. The van der Waals surface area contributed by atoms with Gasteiger partial charge in [0.1, 0.15) is 5.75 Å². The van der Waals surface area contributed by atoms with E-state index >= 15 is 0 Å². The number of ether oxygens (including phenoxy) is 1. The van der Waals surface area contributed by atoms with E-state index in [4.69, 9.17) is 4.74 Å². The van der Waals surface area contributed by atoms with E-state index in [9.17, 15) is 26.4 Å². The van der Waals surface area contributed by atoms with E-state index in [2.05, 4.69) is 25.5 Å². The van der Waals surface area contributed by atoms with Crippen LogP contribution in [0.1, 0.15) is 58.4 Å². The standard InChI is InChI=1S/C33H41F3N6O4S/c1-21-5-8-23(29(17-21)41(2)47(4,44)45)9-11-27-26(33(34,35)36)19-37-32(39-27)40-28-12-10-24(18-30(28)46-3)31(43)38-25-13-15-42(16-14-25)20-22-6-7-22/h5,8,10,12,17-19,22,25H,6-7,9,11,13-16,20H2,1-4H3,(H,38,43)(H,37,39,40). The second-order valence-electron chi connectivity index (χ2n) is 12.4. The first-order chi connectivity index (χ1) is 22.2. The van der Waals surface area contributed by atoms with Crippen LogP contribution in [0.5, 0.6) is 5.75 Å². The average Bonchev–Trinajstić information content (AvgIpc) is 3.84. The normalized spacial score (nSPS) is 16.1. The number of alkyl halides is 3. The monoisotopic (exact) mass is 674 g/mol. The van der Waals surface area contributed by atoms with Crippen molar-refractivity contribution in [3.63, 3.8) is 0 Å². The van der Waals surface area contributed by atoms with E-state index in [0.29, 0.717) is 28.3 Å². The minimum absolute atomic E-state index is 0.0844. The van der Waals surface area contributed by atoms with Gasteiger partial charge in [-0.3, -0.25) is 9.10 Å². The number of nitrogens with one attached hydrogen (secondary N) is 2. The van der Waals surface area contributed by atoms with Gasteiger partial charge < -0.3 is 20.3 Å². The van der Waals surface area contributed by atoms with E-state index in [-0.39, 0.29) is 36.4 Å². The van der Waals surface area contributed by atoms with Crippen LogP contribution in [-0.4, -0.2) is 75.3 Å². The summed E-state index contributed by atoms with van der Waals surface area (Å²) in [5.41, 5.74) is 1.30. The molecule has 14 heteroatoms. The molecular weight excluding hydrogens is 633 g/mol. The number of likely N-dealkylation sites (tertiary alicyclic amines) is 1. The van der Waals surface area contributed by atoms with Gasteiger partial charge in [0.2, 0.25) is 16.0 Å². The van der Waals surface area contributed by atoms with E-state index < -0.39 is 21.8 Å². The molecule has 0 bridgehead atoms. The first-order valence-corrected chi connectivity index (χ1v) is 17.5. The summed E-state index contributed by atoms with van der Waals surface area (Å²) in [6, 6.07) is 10.0. The van der Waals surface area contributed by atoms with E-state index in [0.717, 1.165) is 60.7 Å². The van der Waals surface area contributed by atoms with Crippen molar-refractivity contribution in [1.29, 1.82) is 0 Å². The van der Waals surface area contributed by atoms with Gasteiger partial charge in [0.25, 0.3) is 5.91 Å². The molecule has 1 amide bonds. The molecule has 2 N–H and O–H groups in total. The Morgan fingerprint density at radius 1 is 1.09 bits per heavy atom. The Labute approximate surface area is 273 Å². The van der Waals surface area contributed by atoms with Crippen molar-refractivity contribution in [2.75, 3.05) is 49.7 Å². The van der Waals surface area contributed by atoms with Gasteiger partial charge in [-0.05, 0) is 86.8 Å². The van der Waals surface area contributed by atoms with Crippen LogP contribution in [0.4, 0.5) is 30.5 Å². The minimum Gasteiger partial charge on any atom is -0.495 e. The van der Waals surface area contributed by atoms with Gasteiger partial charge >= 0.3 is 6.18 Å². The number of aromatic nitrogens is 2. The third kappa shape index (κ3) is 8.92. The number of carbonyl (C=O) groups excluding carboxylic acids is 1. The SMILES string of the molecule is COc1cc(C(=O)NC2CCN(CC3CC3)CC2)ccc1Nc1ncc(C(F)(F)F)c(CCc2ccc(C)cc2N(C)S(C)(=O)=O)n1. The molecule has 1 aliphatic carbocycles. The predicted octanol–water partition coefficient (Wildman–Crippen LogP) is 5.34. The average molecular weight is 675 g/mol. The highest BCUT2D eigenvalue weighted by Gasteiger charge is 2.35. The van der Waals surface area contributed by atoms with Crippen LogP contribution in [0.3, 0.4) is 0 Å². The summed E-state index contributed by atoms with van der Waals surface area (Å²) >= 11 is 0. The molecule has 2 heterocycles. The Hall–Kier alpha value is -3.91. The molecule has 0 unspecified atom stereocenters. The number of amides is 1. The highest BCUT2D eigenvalue weighted by molar-refractivity contribution is 7.92. The van der Waals surface area contributed by atoms with Gasteiger partial charge in [-0.1, -0.05) is 12.1 Å². The number of nitrogens with zero attached hydrogens (tertiary/aromatic N) is 4. The summed E-state index contributed by atoms with van der Waals surface area (Å²) < 4.78 is 73.0. The fraction of sp³-hybridized carbons (Fsp3) is 0.485. The van der Waals surface area contributed by atoms with Crippen LogP contribution in [0.25, 0.3) is 0 Å². The number of carbonyl (C=O) groups is 1. The Morgan fingerprint density at radius 2 is 1.81 bits per heavy atom. The van der Waals surface area contributed by atoms with Gasteiger partial charge in [0, 0.05) is 44.5 Å². The fourth-order valence-corrected chi connectivity index (χ4v) is 6.29. The van der Waals surface area contributed by atoms with Crippen molar-refractivity contribution in [3.8, 4) is 5.75 Å². The predicted molar refractivity (Wildman–Crippen MR) is 175 cm³/mol. The number of halogens is 3. The summed E-state index contributed by atoms with van der Waals surface area (Å²) in [7, 11) is -0.759. The van der Waals surface area contributed by atoms with E-state index in [1.807, 2.05) is 0 Å². The molecule has 0 atom stereocenters. The minimum atomic E-state index is -4.70. The highest BCUT2D eigenvalue weighted by Crippen LogP contribution is 2.34. The van der Waals surface area contributed by atoms with Crippen LogP contribution >= 0.6 is 0 Å².